The highest BCUT2D eigenvalue weighted by molar-refractivity contribution is 7.16. The predicted octanol–water partition coefficient (Wildman–Crippen LogP) is 4.08. The Balaban J connectivity index is 2.31. The van der Waals surface area contributed by atoms with Gasteiger partial charge in [-0.3, -0.25) is 0 Å². The molecule has 0 aromatic heterocycles. The second-order valence-corrected chi connectivity index (χ2v) is 4.53. The van der Waals surface area contributed by atoms with Gasteiger partial charge in [0.15, 0.2) is 0 Å². The summed E-state index contributed by atoms with van der Waals surface area (Å²) >= 11 is 0. The first kappa shape index (κ1) is 11.4. The summed E-state index contributed by atoms with van der Waals surface area (Å²) in [5, 5.41) is 0. The molecule has 0 aliphatic carbocycles. The van der Waals surface area contributed by atoms with Crippen LogP contribution in [0.3, 0.4) is 0 Å². The Kier molecular flexibility index (Phi) is 4.13. The third-order valence-electron chi connectivity index (χ3n) is 2.86. The van der Waals surface area contributed by atoms with Crippen LogP contribution < -0.4 is 0 Å². The highest BCUT2D eigenvalue weighted by Gasteiger charge is 2.11. The SMILES string of the molecule is PCCC(c1ccccc1)c1ccccc1. The van der Waals surface area contributed by atoms with E-state index in [1.54, 1.807) is 0 Å². The van der Waals surface area contributed by atoms with Crippen molar-refractivity contribution in [2.45, 2.75) is 12.3 Å². The molecule has 1 atom stereocenters. The van der Waals surface area contributed by atoms with Crippen molar-refractivity contribution >= 4 is 9.24 Å². The van der Waals surface area contributed by atoms with Crippen molar-refractivity contribution in [3.63, 3.8) is 0 Å². The molecule has 0 amide bonds. The molecule has 0 bridgehead atoms. The Morgan fingerprint density at radius 2 is 1.19 bits per heavy atom. The molecular formula is C15H17P. The van der Waals surface area contributed by atoms with Gasteiger partial charge in [-0.1, -0.05) is 60.7 Å². The van der Waals surface area contributed by atoms with Crippen molar-refractivity contribution in [3.05, 3.63) is 71.8 Å². The van der Waals surface area contributed by atoms with Crippen molar-refractivity contribution in [1.29, 1.82) is 0 Å². The summed E-state index contributed by atoms with van der Waals surface area (Å²) in [5.41, 5.74) is 2.83. The van der Waals surface area contributed by atoms with Crippen LogP contribution in [0.2, 0.25) is 0 Å². The molecule has 1 unspecified atom stereocenters. The largest absolute Gasteiger partial charge is 0.138 e. The van der Waals surface area contributed by atoms with E-state index < -0.39 is 0 Å². The lowest BCUT2D eigenvalue weighted by Gasteiger charge is -2.16. The van der Waals surface area contributed by atoms with Gasteiger partial charge < -0.3 is 0 Å². The van der Waals surface area contributed by atoms with Crippen LogP contribution in [-0.4, -0.2) is 6.16 Å². The van der Waals surface area contributed by atoms with Gasteiger partial charge in [0, 0.05) is 5.92 Å². The van der Waals surface area contributed by atoms with E-state index in [4.69, 9.17) is 0 Å². The topological polar surface area (TPSA) is 0 Å². The third-order valence-corrected chi connectivity index (χ3v) is 3.19. The average Bonchev–Trinajstić information content (AvgIpc) is 2.38. The molecule has 0 spiro atoms. The lowest BCUT2D eigenvalue weighted by molar-refractivity contribution is 0.785. The highest BCUT2D eigenvalue weighted by Crippen LogP contribution is 2.28. The minimum atomic E-state index is 0.528. The van der Waals surface area contributed by atoms with Crippen LogP contribution in [0.4, 0.5) is 0 Å². The molecule has 16 heavy (non-hydrogen) atoms. The van der Waals surface area contributed by atoms with E-state index in [9.17, 15) is 0 Å². The summed E-state index contributed by atoms with van der Waals surface area (Å²) in [5.74, 6) is 0.528. The molecule has 0 heterocycles. The summed E-state index contributed by atoms with van der Waals surface area (Å²) in [7, 11) is 2.82. The maximum atomic E-state index is 2.82. The standard InChI is InChI=1S/C15H17P/c16-12-11-15(13-7-3-1-4-8-13)14-9-5-2-6-10-14/h1-10,15H,11-12,16H2. The summed E-state index contributed by atoms with van der Waals surface area (Å²) < 4.78 is 0. The summed E-state index contributed by atoms with van der Waals surface area (Å²) in [6.45, 7) is 0. The second-order valence-electron chi connectivity index (χ2n) is 3.95. The molecule has 0 saturated carbocycles. The number of benzene rings is 2. The lowest BCUT2D eigenvalue weighted by atomic mass is 9.89. The molecule has 1 heteroatoms. The van der Waals surface area contributed by atoms with Crippen LogP contribution >= 0.6 is 9.24 Å². The Labute approximate surface area is 99.9 Å². The van der Waals surface area contributed by atoms with Gasteiger partial charge in [-0.15, -0.1) is 9.24 Å². The Hall–Kier alpha value is -1.13. The first-order valence-electron chi connectivity index (χ1n) is 5.72. The van der Waals surface area contributed by atoms with Gasteiger partial charge in [-0.25, -0.2) is 0 Å². The summed E-state index contributed by atoms with van der Waals surface area (Å²) in [6.07, 6.45) is 2.31. The summed E-state index contributed by atoms with van der Waals surface area (Å²) in [6, 6.07) is 21.5. The minimum absolute atomic E-state index is 0.528. The number of hydrogen-bond acceptors (Lipinski definition) is 0. The zero-order valence-electron chi connectivity index (χ0n) is 9.34. The molecular weight excluding hydrogens is 211 g/mol. The first-order chi connectivity index (χ1) is 7.92. The van der Waals surface area contributed by atoms with E-state index in [0.29, 0.717) is 5.92 Å². The van der Waals surface area contributed by atoms with Crippen LogP contribution in [-0.2, 0) is 0 Å². The van der Waals surface area contributed by atoms with Crippen molar-refractivity contribution < 1.29 is 0 Å². The predicted molar refractivity (Wildman–Crippen MR) is 73.9 cm³/mol. The normalized spacial score (nSPS) is 10.6. The Morgan fingerprint density at radius 1 is 0.750 bits per heavy atom. The fraction of sp³-hybridized carbons (Fsp3) is 0.200. The van der Waals surface area contributed by atoms with E-state index >= 15 is 0 Å². The van der Waals surface area contributed by atoms with E-state index in [-0.39, 0.29) is 0 Å². The fourth-order valence-electron chi connectivity index (χ4n) is 2.06. The van der Waals surface area contributed by atoms with Gasteiger partial charge >= 0.3 is 0 Å². The van der Waals surface area contributed by atoms with E-state index in [1.807, 2.05) is 0 Å². The van der Waals surface area contributed by atoms with Crippen LogP contribution in [0.25, 0.3) is 0 Å². The fourth-order valence-corrected chi connectivity index (χ4v) is 2.40. The molecule has 0 nitrogen and oxygen atoms in total. The second kappa shape index (κ2) is 5.82. The molecule has 2 aromatic carbocycles. The number of rotatable bonds is 4. The van der Waals surface area contributed by atoms with Gasteiger partial charge in [0.25, 0.3) is 0 Å². The van der Waals surface area contributed by atoms with Crippen molar-refractivity contribution in [3.8, 4) is 0 Å². The monoisotopic (exact) mass is 228 g/mol. The number of hydrogen-bond donors (Lipinski definition) is 0. The van der Waals surface area contributed by atoms with E-state index in [0.717, 1.165) is 6.16 Å². The molecule has 0 aliphatic heterocycles. The van der Waals surface area contributed by atoms with Crippen molar-refractivity contribution in [2.24, 2.45) is 0 Å². The molecule has 2 rings (SSSR count). The Morgan fingerprint density at radius 3 is 1.56 bits per heavy atom. The molecule has 0 aliphatic rings. The quantitative estimate of drug-likeness (QED) is 0.691. The van der Waals surface area contributed by atoms with Crippen molar-refractivity contribution in [2.75, 3.05) is 6.16 Å². The van der Waals surface area contributed by atoms with E-state index in [1.165, 1.54) is 17.5 Å². The zero-order chi connectivity index (χ0) is 11.2. The van der Waals surface area contributed by atoms with Crippen LogP contribution in [0, 0.1) is 0 Å². The smallest absolute Gasteiger partial charge is 0.00925 e. The molecule has 82 valence electrons. The van der Waals surface area contributed by atoms with Gasteiger partial charge in [0.05, 0.1) is 0 Å². The van der Waals surface area contributed by atoms with Crippen molar-refractivity contribution in [1.82, 2.24) is 0 Å². The zero-order valence-corrected chi connectivity index (χ0v) is 10.5. The molecule has 0 radical (unpaired) electrons. The first-order valence-corrected chi connectivity index (χ1v) is 6.53. The molecule has 0 saturated heterocycles. The van der Waals surface area contributed by atoms with Gasteiger partial charge in [0.1, 0.15) is 0 Å². The Bertz CT molecular complexity index is 368. The van der Waals surface area contributed by atoms with Gasteiger partial charge in [0.2, 0.25) is 0 Å². The summed E-state index contributed by atoms with van der Waals surface area (Å²) in [4.78, 5) is 0. The van der Waals surface area contributed by atoms with Crippen LogP contribution in [0.5, 0.6) is 0 Å². The van der Waals surface area contributed by atoms with Crippen LogP contribution in [0.1, 0.15) is 23.5 Å². The van der Waals surface area contributed by atoms with Crippen LogP contribution in [0.15, 0.2) is 60.7 Å². The van der Waals surface area contributed by atoms with Gasteiger partial charge in [-0.2, -0.15) is 0 Å². The molecule has 2 aromatic rings. The maximum Gasteiger partial charge on any atom is 0.00925 e. The molecule has 0 fully saturated rings. The maximum absolute atomic E-state index is 2.82. The average molecular weight is 228 g/mol. The lowest BCUT2D eigenvalue weighted by Crippen LogP contribution is -2.01. The molecule has 0 N–H and O–H groups in total. The highest BCUT2D eigenvalue weighted by atomic mass is 31.0. The third kappa shape index (κ3) is 2.71. The van der Waals surface area contributed by atoms with E-state index in [2.05, 4.69) is 69.9 Å². The van der Waals surface area contributed by atoms with Gasteiger partial charge in [-0.05, 0) is 23.7 Å². The minimum Gasteiger partial charge on any atom is -0.138 e.